The van der Waals surface area contributed by atoms with Crippen molar-refractivity contribution in [1.82, 2.24) is 0 Å². The first-order chi connectivity index (χ1) is 15.4. The fourth-order valence-electron chi connectivity index (χ4n) is 3.87. The first-order valence-corrected chi connectivity index (χ1v) is 12.5. The summed E-state index contributed by atoms with van der Waals surface area (Å²) in [7, 11) is 0. The van der Waals surface area contributed by atoms with Crippen LogP contribution in [-0.2, 0) is 22.2 Å². The van der Waals surface area contributed by atoms with Crippen molar-refractivity contribution in [2.24, 2.45) is 0 Å². The van der Waals surface area contributed by atoms with Crippen molar-refractivity contribution in [2.45, 2.75) is 58.9 Å². The van der Waals surface area contributed by atoms with E-state index in [4.69, 9.17) is 0 Å². The van der Waals surface area contributed by atoms with E-state index in [1.807, 2.05) is 30.3 Å². The molecule has 3 aromatic rings. The maximum atomic E-state index is 13.4. The highest BCUT2D eigenvalue weighted by Gasteiger charge is 2.23. The second-order valence-electron chi connectivity index (χ2n) is 10.6. The van der Waals surface area contributed by atoms with Gasteiger partial charge < -0.3 is 10.2 Å². The summed E-state index contributed by atoms with van der Waals surface area (Å²) in [5.74, 6) is -0.0119. The van der Waals surface area contributed by atoms with Gasteiger partial charge in [0.1, 0.15) is 0 Å². The molecule has 0 saturated carbocycles. The third kappa shape index (κ3) is 6.83. The van der Waals surface area contributed by atoms with Gasteiger partial charge in [0.05, 0.1) is 12.2 Å². The zero-order valence-corrected chi connectivity index (χ0v) is 22.7. The van der Waals surface area contributed by atoms with E-state index in [9.17, 15) is 4.79 Å². The summed E-state index contributed by atoms with van der Waals surface area (Å²) in [4.78, 5) is 15.5. The van der Waals surface area contributed by atoms with Crippen LogP contribution in [-0.4, -0.2) is 12.5 Å². The van der Waals surface area contributed by atoms with E-state index in [1.54, 1.807) is 0 Å². The van der Waals surface area contributed by atoms with Crippen molar-refractivity contribution in [3.8, 4) is 0 Å². The molecular formula is C29H35IN2O. The lowest BCUT2D eigenvalue weighted by Gasteiger charge is -2.28. The third-order valence-electron chi connectivity index (χ3n) is 5.71. The van der Waals surface area contributed by atoms with Crippen LogP contribution in [0.1, 0.15) is 58.2 Å². The molecular weight excluding hydrogens is 519 g/mol. The molecule has 0 aliphatic heterocycles. The lowest BCUT2D eigenvalue weighted by molar-refractivity contribution is -0.115. The Labute approximate surface area is 212 Å². The lowest BCUT2D eigenvalue weighted by Crippen LogP contribution is -2.34. The molecule has 0 spiro atoms. The van der Waals surface area contributed by atoms with Crippen LogP contribution in [0.2, 0.25) is 0 Å². The number of nitrogens with zero attached hydrogens (tertiary/aromatic N) is 1. The quantitative estimate of drug-likeness (QED) is 0.320. The Morgan fingerprint density at radius 3 is 2.09 bits per heavy atom. The van der Waals surface area contributed by atoms with Crippen LogP contribution in [0.25, 0.3) is 0 Å². The van der Waals surface area contributed by atoms with Gasteiger partial charge in [-0.1, -0.05) is 96.1 Å². The van der Waals surface area contributed by atoms with Gasteiger partial charge in [-0.05, 0) is 68.3 Å². The number of halogens is 1. The average molecular weight is 555 g/mol. The van der Waals surface area contributed by atoms with Crippen LogP contribution in [0.3, 0.4) is 0 Å². The Hall–Kier alpha value is -2.34. The zero-order valence-electron chi connectivity index (χ0n) is 20.6. The first kappa shape index (κ1) is 25.3. The number of hydrogen-bond donors (Lipinski definition) is 1. The van der Waals surface area contributed by atoms with Crippen molar-refractivity contribution in [1.29, 1.82) is 0 Å². The molecule has 0 aliphatic carbocycles. The van der Waals surface area contributed by atoms with E-state index < -0.39 is 0 Å². The number of hydrogen-bond acceptors (Lipinski definition) is 2. The summed E-state index contributed by atoms with van der Waals surface area (Å²) >= 11 is 2.34. The number of para-hydroxylation sites is 1. The van der Waals surface area contributed by atoms with E-state index >= 15 is 0 Å². The van der Waals surface area contributed by atoms with Gasteiger partial charge in [0, 0.05) is 15.8 Å². The molecule has 0 fully saturated rings. The zero-order chi connectivity index (χ0) is 24.2. The molecule has 3 nitrogen and oxygen atoms in total. The summed E-state index contributed by atoms with van der Waals surface area (Å²) < 4.78 is 1.13. The minimum Gasteiger partial charge on any atom is -0.357 e. The molecule has 0 unspecified atom stereocenters. The summed E-state index contributed by atoms with van der Waals surface area (Å²) in [6.07, 6.45) is 0. The Morgan fingerprint density at radius 2 is 1.48 bits per heavy atom. The normalized spacial score (nSPS) is 11.8. The Morgan fingerprint density at radius 1 is 0.848 bits per heavy atom. The Balaban J connectivity index is 1.91. The highest BCUT2D eigenvalue weighted by molar-refractivity contribution is 14.1. The van der Waals surface area contributed by atoms with Crippen molar-refractivity contribution >= 4 is 39.9 Å². The van der Waals surface area contributed by atoms with Crippen molar-refractivity contribution in [2.75, 3.05) is 16.8 Å². The fourth-order valence-corrected chi connectivity index (χ4v) is 4.60. The molecule has 1 N–H and O–H groups in total. The van der Waals surface area contributed by atoms with E-state index in [2.05, 4.69) is 117 Å². The lowest BCUT2D eigenvalue weighted by atomic mass is 9.81. The average Bonchev–Trinajstić information content (AvgIpc) is 2.73. The molecule has 3 rings (SSSR count). The predicted octanol–water partition coefficient (Wildman–Crippen LogP) is 7.53. The maximum absolute atomic E-state index is 13.4. The number of amides is 1. The molecule has 0 aliphatic rings. The highest BCUT2D eigenvalue weighted by Crippen LogP contribution is 2.34. The van der Waals surface area contributed by atoms with E-state index in [-0.39, 0.29) is 23.3 Å². The number of carbonyl (C=O) groups is 1. The molecule has 0 heterocycles. The molecule has 1 amide bonds. The molecule has 0 bridgehead atoms. The van der Waals surface area contributed by atoms with Gasteiger partial charge in [-0.25, -0.2) is 0 Å². The minimum absolute atomic E-state index is 0.00931. The van der Waals surface area contributed by atoms with Gasteiger partial charge >= 0.3 is 0 Å². The smallest absolute Gasteiger partial charge is 0.243 e. The Bertz CT molecular complexity index is 1090. The molecule has 0 aromatic heterocycles. The van der Waals surface area contributed by atoms with Crippen LogP contribution in [0.4, 0.5) is 11.4 Å². The van der Waals surface area contributed by atoms with Gasteiger partial charge in [-0.3, -0.25) is 4.79 Å². The van der Waals surface area contributed by atoms with Gasteiger partial charge in [-0.15, -0.1) is 0 Å². The van der Waals surface area contributed by atoms with Gasteiger partial charge in [0.15, 0.2) is 0 Å². The van der Waals surface area contributed by atoms with Crippen LogP contribution in [0.15, 0.2) is 72.8 Å². The second-order valence-corrected chi connectivity index (χ2v) is 11.8. The van der Waals surface area contributed by atoms with Crippen molar-refractivity contribution < 1.29 is 4.79 Å². The number of rotatable bonds is 6. The summed E-state index contributed by atoms with van der Waals surface area (Å²) in [5.41, 5.74) is 5.44. The van der Waals surface area contributed by atoms with Crippen molar-refractivity contribution in [3.05, 3.63) is 93.1 Å². The van der Waals surface area contributed by atoms with Crippen molar-refractivity contribution in [3.63, 3.8) is 0 Å². The second kappa shape index (κ2) is 10.3. The van der Waals surface area contributed by atoms with E-state index in [0.717, 1.165) is 20.5 Å². The standard InChI is InChI=1S/C29H35IN2O/c1-28(2,3)22-16-17-23(29(4,5)6)25(18-22)31-27(33)20-32(19-21-12-8-7-9-13-21)26-15-11-10-14-24(26)30/h7-18H,19-20H2,1-6H3,(H,31,33). The van der Waals surface area contributed by atoms with Crippen LogP contribution in [0, 0.1) is 3.57 Å². The van der Waals surface area contributed by atoms with Crippen LogP contribution >= 0.6 is 22.6 Å². The summed E-state index contributed by atoms with van der Waals surface area (Å²) in [6.45, 7) is 14.1. The van der Waals surface area contributed by atoms with Gasteiger partial charge in [0.25, 0.3) is 0 Å². The first-order valence-electron chi connectivity index (χ1n) is 11.4. The monoisotopic (exact) mass is 554 g/mol. The number of anilines is 2. The Kier molecular flexibility index (Phi) is 7.88. The van der Waals surface area contributed by atoms with Gasteiger partial charge in [-0.2, -0.15) is 0 Å². The number of carbonyl (C=O) groups excluding carboxylic acids is 1. The predicted molar refractivity (Wildman–Crippen MR) is 149 cm³/mol. The maximum Gasteiger partial charge on any atom is 0.243 e. The summed E-state index contributed by atoms with van der Waals surface area (Å²) in [5, 5.41) is 3.25. The van der Waals surface area contributed by atoms with Crippen LogP contribution < -0.4 is 10.2 Å². The molecule has 33 heavy (non-hydrogen) atoms. The van der Waals surface area contributed by atoms with E-state index in [0.29, 0.717) is 6.54 Å². The van der Waals surface area contributed by atoms with E-state index in [1.165, 1.54) is 11.1 Å². The SMILES string of the molecule is CC(C)(C)c1ccc(C(C)(C)C)c(NC(=O)CN(Cc2ccccc2)c2ccccc2I)c1. The fraction of sp³-hybridized carbons (Fsp3) is 0.345. The molecule has 0 atom stereocenters. The molecule has 4 heteroatoms. The molecule has 0 radical (unpaired) electrons. The highest BCUT2D eigenvalue weighted by atomic mass is 127. The minimum atomic E-state index is -0.0719. The topological polar surface area (TPSA) is 32.3 Å². The number of benzene rings is 3. The third-order valence-corrected chi connectivity index (χ3v) is 6.62. The number of nitrogens with one attached hydrogen (secondary N) is 1. The van der Waals surface area contributed by atoms with Gasteiger partial charge in [0.2, 0.25) is 5.91 Å². The summed E-state index contributed by atoms with van der Waals surface area (Å²) in [6, 6.07) is 25.0. The molecule has 3 aromatic carbocycles. The largest absolute Gasteiger partial charge is 0.357 e. The van der Waals surface area contributed by atoms with Crippen LogP contribution in [0.5, 0.6) is 0 Å². The molecule has 174 valence electrons. The molecule has 0 saturated heterocycles.